The van der Waals surface area contributed by atoms with Crippen molar-refractivity contribution in [2.45, 2.75) is 30.7 Å². The fourth-order valence-corrected chi connectivity index (χ4v) is 3.53. The summed E-state index contributed by atoms with van der Waals surface area (Å²) in [4.78, 5) is 12.7. The van der Waals surface area contributed by atoms with E-state index in [9.17, 15) is 9.18 Å². The van der Waals surface area contributed by atoms with E-state index in [1.807, 2.05) is 38.1 Å². The number of para-hydroxylation sites is 1. The molecule has 29 heavy (non-hydrogen) atoms. The second-order valence-electron chi connectivity index (χ2n) is 6.74. The number of methoxy groups -OCH3 is 1. The summed E-state index contributed by atoms with van der Waals surface area (Å²) in [6.07, 6.45) is 0.478. The monoisotopic (exact) mass is 415 g/mol. The Morgan fingerprint density at radius 3 is 2.55 bits per heavy atom. The van der Waals surface area contributed by atoms with E-state index in [4.69, 9.17) is 9.15 Å². The van der Waals surface area contributed by atoms with Crippen LogP contribution in [0.2, 0.25) is 0 Å². The maximum atomic E-state index is 13.8. The van der Waals surface area contributed by atoms with E-state index in [1.165, 1.54) is 23.9 Å². The van der Waals surface area contributed by atoms with Gasteiger partial charge in [0.25, 0.3) is 5.22 Å². The summed E-state index contributed by atoms with van der Waals surface area (Å²) in [6.45, 7) is 3.82. The van der Waals surface area contributed by atoms with E-state index in [-0.39, 0.29) is 17.5 Å². The normalized spacial score (nSPS) is 12.0. The molecule has 2 aromatic carbocycles. The van der Waals surface area contributed by atoms with Gasteiger partial charge in [0, 0.05) is 0 Å². The Balaban J connectivity index is 1.66. The Morgan fingerprint density at radius 1 is 1.17 bits per heavy atom. The molecule has 0 spiro atoms. The summed E-state index contributed by atoms with van der Waals surface area (Å²) < 4.78 is 24.7. The fourth-order valence-electron chi connectivity index (χ4n) is 2.64. The maximum absolute atomic E-state index is 13.8. The van der Waals surface area contributed by atoms with Crippen molar-refractivity contribution in [2.75, 3.05) is 12.4 Å². The number of nitrogens with one attached hydrogen (secondary N) is 1. The third-order valence-corrected chi connectivity index (χ3v) is 5.57. The van der Waals surface area contributed by atoms with Crippen molar-refractivity contribution in [3.05, 3.63) is 65.8 Å². The van der Waals surface area contributed by atoms with Gasteiger partial charge in [0.1, 0.15) is 11.6 Å². The van der Waals surface area contributed by atoms with E-state index >= 15 is 0 Å². The van der Waals surface area contributed by atoms with Gasteiger partial charge < -0.3 is 14.5 Å². The molecule has 0 aliphatic heterocycles. The number of thioether (sulfide) groups is 1. The molecule has 1 N–H and O–H groups in total. The molecule has 0 bridgehead atoms. The van der Waals surface area contributed by atoms with E-state index in [0.29, 0.717) is 17.5 Å². The molecule has 1 atom stereocenters. The van der Waals surface area contributed by atoms with Crippen LogP contribution < -0.4 is 10.1 Å². The molecule has 1 aromatic heterocycles. The molecule has 8 heteroatoms. The minimum atomic E-state index is -0.510. The second kappa shape index (κ2) is 9.56. The van der Waals surface area contributed by atoms with Gasteiger partial charge in [-0.25, -0.2) is 4.39 Å². The Bertz CT molecular complexity index is 960. The van der Waals surface area contributed by atoms with Gasteiger partial charge in [-0.2, -0.15) is 0 Å². The highest BCUT2D eigenvalue weighted by Crippen LogP contribution is 2.29. The summed E-state index contributed by atoms with van der Waals surface area (Å²) >= 11 is 1.17. The highest BCUT2D eigenvalue weighted by molar-refractivity contribution is 8.00. The third kappa shape index (κ3) is 5.57. The number of nitrogens with zero attached hydrogens (tertiary/aromatic N) is 2. The summed E-state index contributed by atoms with van der Waals surface area (Å²) in [7, 11) is 1.62. The molecule has 1 amide bonds. The van der Waals surface area contributed by atoms with Crippen molar-refractivity contribution in [1.82, 2.24) is 10.2 Å². The first-order valence-corrected chi connectivity index (χ1v) is 10.0. The quantitative estimate of drug-likeness (QED) is 0.544. The number of aromatic nitrogens is 2. The van der Waals surface area contributed by atoms with E-state index in [2.05, 4.69) is 15.5 Å². The number of benzene rings is 2. The van der Waals surface area contributed by atoms with Crippen molar-refractivity contribution < 1.29 is 18.3 Å². The summed E-state index contributed by atoms with van der Waals surface area (Å²) in [5, 5.41) is 10.5. The topological polar surface area (TPSA) is 77.2 Å². The number of rotatable bonds is 8. The van der Waals surface area contributed by atoms with Crippen LogP contribution in [0, 0.1) is 11.7 Å². The molecule has 3 rings (SSSR count). The van der Waals surface area contributed by atoms with Gasteiger partial charge in [-0.3, -0.25) is 4.79 Å². The summed E-state index contributed by atoms with van der Waals surface area (Å²) in [6, 6.07) is 13.6. The number of hydrogen-bond donors (Lipinski definition) is 1. The van der Waals surface area contributed by atoms with Gasteiger partial charge in [0.05, 0.1) is 24.5 Å². The lowest BCUT2D eigenvalue weighted by Gasteiger charge is -2.18. The van der Waals surface area contributed by atoms with Gasteiger partial charge in [-0.1, -0.05) is 49.9 Å². The van der Waals surface area contributed by atoms with E-state index in [0.717, 1.165) is 11.3 Å². The van der Waals surface area contributed by atoms with Crippen LogP contribution in [-0.4, -0.2) is 28.5 Å². The van der Waals surface area contributed by atoms with Crippen molar-refractivity contribution in [3.8, 4) is 5.75 Å². The maximum Gasteiger partial charge on any atom is 0.277 e. The predicted octanol–water partition coefficient (Wildman–Crippen LogP) is 4.56. The van der Waals surface area contributed by atoms with Gasteiger partial charge in [0.15, 0.2) is 0 Å². The highest BCUT2D eigenvalue weighted by atomic mass is 32.2. The highest BCUT2D eigenvalue weighted by Gasteiger charge is 2.27. The molecule has 0 aliphatic rings. The molecule has 0 aliphatic carbocycles. The number of anilines is 1. The largest absolute Gasteiger partial charge is 0.497 e. The average molecular weight is 415 g/mol. The van der Waals surface area contributed by atoms with Crippen LogP contribution in [0.1, 0.15) is 25.3 Å². The molecule has 0 radical (unpaired) electrons. The lowest BCUT2D eigenvalue weighted by Crippen LogP contribution is -2.29. The third-order valence-electron chi connectivity index (χ3n) is 4.19. The van der Waals surface area contributed by atoms with Crippen LogP contribution in [0.3, 0.4) is 0 Å². The van der Waals surface area contributed by atoms with E-state index < -0.39 is 11.1 Å². The zero-order chi connectivity index (χ0) is 20.8. The zero-order valence-electron chi connectivity index (χ0n) is 16.4. The fraction of sp³-hybridized carbons (Fsp3) is 0.286. The van der Waals surface area contributed by atoms with Gasteiger partial charge in [-0.05, 0) is 35.7 Å². The smallest absolute Gasteiger partial charge is 0.277 e. The lowest BCUT2D eigenvalue weighted by molar-refractivity contribution is -0.116. The molecule has 0 fully saturated rings. The minimum absolute atomic E-state index is 0.0243. The second-order valence-corrected chi connectivity index (χ2v) is 7.83. The van der Waals surface area contributed by atoms with Crippen LogP contribution in [0.25, 0.3) is 0 Å². The molecule has 0 saturated heterocycles. The van der Waals surface area contributed by atoms with Gasteiger partial charge >= 0.3 is 0 Å². The first kappa shape index (κ1) is 20.9. The molecule has 152 valence electrons. The number of halogens is 1. The van der Waals surface area contributed by atoms with Gasteiger partial charge in [0.2, 0.25) is 11.8 Å². The van der Waals surface area contributed by atoms with Crippen LogP contribution in [0.4, 0.5) is 10.1 Å². The number of ether oxygens (including phenoxy) is 1. The van der Waals surface area contributed by atoms with E-state index in [1.54, 1.807) is 19.2 Å². The summed E-state index contributed by atoms with van der Waals surface area (Å²) in [5.41, 5.74) is 1.15. The molecular formula is C21H22FN3O3S. The molecule has 3 aromatic rings. The van der Waals surface area contributed by atoms with Crippen LogP contribution in [-0.2, 0) is 11.2 Å². The van der Waals surface area contributed by atoms with Crippen molar-refractivity contribution in [3.63, 3.8) is 0 Å². The van der Waals surface area contributed by atoms with Crippen LogP contribution in [0.5, 0.6) is 5.75 Å². The number of amides is 1. The Kier molecular flexibility index (Phi) is 6.87. The van der Waals surface area contributed by atoms with Gasteiger partial charge in [-0.15, -0.1) is 10.2 Å². The van der Waals surface area contributed by atoms with Crippen molar-refractivity contribution in [2.24, 2.45) is 5.92 Å². The number of carbonyl (C=O) groups excluding carboxylic acids is 1. The Morgan fingerprint density at radius 2 is 1.90 bits per heavy atom. The first-order valence-electron chi connectivity index (χ1n) is 9.13. The molecule has 1 unspecified atom stereocenters. The first-order chi connectivity index (χ1) is 14.0. The number of carbonyl (C=O) groups is 1. The molecule has 0 saturated carbocycles. The molecule has 1 heterocycles. The Labute approximate surface area is 172 Å². The minimum Gasteiger partial charge on any atom is -0.497 e. The predicted molar refractivity (Wildman–Crippen MR) is 110 cm³/mol. The van der Waals surface area contributed by atoms with Crippen LogP contribution in [0.15, 0.2) is 58.2 Å². The van der Waals surface area contributed by atoms with Crippen LogP contribution >= 0.6 is 11.8 Å². The Hall–Kier alpha value is -2.87. The lowest BCUT2D eigenvalue weighted by atomic mass is 10.1. The molecular weight excluding hydrogens is 393 g/mol. The standard InChI is InChI=1S/C21H22FN3O3S/c1-13(2)19(20(26)23-17-7-5-4-6-16(17)22)29-21-25-24-18(28-21)12-14-8-10-15(27-3)11-9-14/h4-11,13,19H,12H2,1-3H3,(H,23,26). The number of hydrogen-bond acceptors (Lipinski definition) is 6. The zero-order valence-corrected chi connectivity index (χ0v) is 17.2. The SMILES string of the molecule is COc1ccc(Cc2nnc(SC(C(=O)Nc3ccccc3F)C(C)C)o2)cc1. The molecule has 6 nitrogen and oxygen atoms in total. The average Bonchev–Trinajstić information content (AvgIpc) is 3.15. The van der Waals surface area contributed by atoms with Crippen molar-refractivity contribution in [1.29, 1.82) is 0 Å². The summed E-state index contributed by atoms with van der Waals surface area (Å²) in [5.74, 6) is 0.410. The van der Waals surface area contributed by atoms with Crippen molar-refractivity contribution >= 4 is 23.4 Å².